The number of nitrogens with one attached hydrogen (secondary N) is 1. The highest BCUT2D eigenvalue weighted by Gasteiger charge is 2.22. The first-order chi connectivity index (χ1) is 7.79. The molecule has 1 atom stereocenters. The van der Waals surface area contributed by atoms with Crippen molar-refractivity contribution in [1.82, 2.24) is 15.2 Å². The number of nitrogens with zero attached hydrogens (tertiary/aromatic N) is 2. The molecule has 0 aliphatic carbocycles. The molecule has 1 saturated heterocycles. The van der Waals surface area contributed by atoms with Gasteiger partial charge in [0.1, 0.15) is 0 Å². The predicted octanol–water partition coefficient (Wildman–Crippen LogP) is 2.03. The molecule has 4 heteroatoms. The average molecular weight is 239 g/mol. The van der Waals surface area contributed by atoms with E-state index in [-0.39, 0.29) is 0 Å². The number of aromatic nitrogens is 1. The minimum Gasteiger partial charge on any atom is -0.315 e. The van der Waals surface area contributed by atoms with Crippen molar-refractivity contribution in [2.24, 2.45) is 0 Å². The summed E-state index contributed by atoms with van der Waals surface area (Å²) in [6, 6.07) is 0.710. The Morgan fingerprint density at radius 2 is 2.50 bits per heavy atom. The molecule has 90 valence electrons. The van der Waals surface area contributed by atoms with Crippen molar-refractivity contribution in [3.05, 3.63) is 16.1 Å². The van der Waals surface area contributed by atoms with E-state index in [1.54, 1.807) is 11.3 Å². The highest BCUT2D eigenvalue weighted by atomic mass is 32.1. The second kappa shape index (κ2) is 5.75. The molecule has 0 radical (unpaired) electrons. The highest BCUT2D eigenvalue weighted by Crippen LogP contribution is 2.15. The van der Waals surface area contributed by atoms with Crippen molar-refractivity contribution >= 4 is 11.3 Å². The topological polar surface area (TPSA) is 28.2 Å². The lowest BCUT2D eigenvalue weighted by Crippen LogP contribution is -2.37. The molecule has 3 nitrogen and oxygen atoms in total. The smallest absolute Gasteiger partial charge is 0.0897 e. The lowest BCUT2D eigenvalue weighted by Gasteiger charge is -2.27. The van der Waals surface area contributed by atoms with Crippen LogP contribution in [0.3, 0.4) is 0 Å². The van der Waals surface area contributed by atoms with Gasteiger partial charge in [-0.05, 0) is 32.9 Å². The SMILES string of the molecule is CCCN(Cc1csc(C)n1)C1CCNC1. The van der Waals surface area contributed by atoms with Gasteiger partial charge < -0.3 is 5.32 Å². The van der Waals surface area contributed by atoms with Crippen molar-refractivity contribution < 1.29 is 0 Å². The van der Waals surface area contributed by atoms with E-state index >= 15 is 0 Å². The van der Waals surface area contributed by atoms with Gasteiger partial charge in [-0.1, -0.05) is 6.92 Å². The Balaban J connectivity index is 1.96. The lowest BCUT2D eigenvalue weighted by molar-refractivity contribution is 0.197. The quantitative estimate of drug-likeness (QED) is 0.852. The molecule has 1 N–H and O–H groups in total. The third-order valence-electron chi connectivity index (χ3n) is 3.09. The molecule has 1 unspecified atom stereocenters. The van der Waals surface area contributed by atoms with Gasteiger partial charge in [0.05, 0.1) is 10.7 Å². The maximum absolute atomic E-state index is 4.56. The third-order valence-corrected chi connectivity index (χ3v) is 3.92. The number of hydrogen-bond donors (Lipinski definition) is 1. The normalized spacial score (nSPS) is 20.8. The van der Waals surface area contributed by atoms with Gasteiger partial charge in [0.25, 0.3) is 0 Å². The van der Waals surface area contributed by atoms with Crippen LogP contribution in [0.1, 0.15) is 30.5 Å². The molecule has 1 aromatic rings. The van der Waals surface area contributed by atoms with Crippen LogP contribution in [-0.4, -0.2) is 35.6 Å². The standard InChI is InChI=1S/C12H21N3S/c1-3-6-15(12-4-5-13-7-12)8-11-9-16-10(2)14-11/h9,12-13H,3-8H2,1-2H3. The Kier molecular flexibility index (Phi) is 4.32. The first-order valence-corrected chi connectivity index (χ1v) is 7.03. The summed E-state index contributed by atoms with van der Waals surface area (Å²) in [5.74, 6) is 0. The summed E-state index contributed by atoms with van der Waals surface area (Å²) in [5.41, 5.74) is 1.24. The summed E-state index contributed by atoms with van der Waals surface area (Å²) in [5, 5.41) is 6.81. The monoisotopic (exact) mass is 239 g/mol. The minimum atomic E-state index is 0.710. The largest absolute Gasteiger partial charge is 0.315 e. The molecule has 2 heterocycles. The van der Waals surface area contributed by atoms with Gasteiger partial charge in [0.15, 0.2) is 0 Å². The Morgan fingerprint density at radius 1 is 1.62 bits per heavy atom. The fourth-order valence-corrected chi connectivity index (χ4v) is 2.92. The van der Waals surface area contributed by atoms with E-state index in [4.69, 9.17) is 0 Å². The van der Waals surface area contributed by atoms with E-state index in [2.05, 4.69) is 34.4 Å². The molecule has 1 aliphatic heterocycles. The summed E-state index contributed by atoms with van der Waals surface area (Å²) < 4.78 is 0. The minimum absolute atomic E-state index is 0.710. The molecule has 0 bridgehead atoms. The molecule has 1 aliphatic rings. The van der Waals surface area contributed by atoms with E-state index in [0.717, 1.165) is 13.1 Å². The predicted molar refractivity (Wildman–Crippen MR) is 68.8 cm³/mol. The fraction of sp³-hybridized carbons (Fsp3) is 0.750. The van der Waals surface area contributed by atoms with Crippen LogP contribution in [0.25, 0.3) is 0 Å². The van der Waals surface area contributed by atoms with Gasteiger partial charge in [-0.3, -0.25) is 4.90 Å². The van der Waals surface area contributed by atoms with Crippen LogP contribution in [0, 0.1) is 6.92 Å². The third kappa shape index (κ3) is 3.03. The van der Waals surface area contributed by atoms with Crippen molar-refractivity contribution in [1.29, 1.82) is 0 Å². The highest BCUT2D eigenvalue weighted by molar-refractivity contribution is 7.09. The second-order valence-electron chi connectivity index (χ2n) is 4.47. The molecule has 0 aromatic carbocycles. The zero-order valence-electron chi connectivity index (χ0n) is 10.2. The first kappa shape index (κ1) is 12.0. The van der Waals surface area contributed by atoms with E-state index < -0.39 is 0 Å². The van der Waals surface area contributed by atoms with Gasteiger partial charge in [-0.25, -0.2) is 4.98 Å². The molecule has 0 saturated carbocycles. The fourth-order valence-electron chi connectivity index (χ4n) is 2.32. The van der Waals surface area contributed by atoms with E-state index in [0.29, 0.717) is 6.04 Å². The van der Waals surface area contributed by atoms with Crippen molar-refractivity contribution in [2.75, 3.05) is 19.6 Å². The number of thiazole rings is 1. The maximum Gasteiger partial charge on any atom is 0.0897 e. The van der Waals surface area contributed by atoms with E-state index in [1.165, 1.54) is 36.6 Å². The Hall–Kier alpha value is -0.450. The van der Waals surface area contributed by atoms with Crippen LogP contribution in [-0.2, 0) is 6.54 Å². The zero-order chi connectivity index (χ0) is 11.4. The molecule has 0 spiro atoms. The molecule has 0 amide bonds. The molecule has 16 heavy (non-hydrogen) atoms. The van der Waals surface area contributed by atoms with Gasteiger partial charge >= 0.3 is 0 Å². The number of rotatable bonds is 5. The molecule has 1 fully saturated rings. The summed E-state index contributed by atoms with van der Waals surface area (Å²) in [7, 11) is 0. The van der Waals surface area contributed by atoms with E-state index in [9.17, 15) is 0 Å². The molecular weight excluding hydrogens is 218 g/mol. The average Bonchev–Trinajstić information content (AvgIpc) is 2.88. The van der Waals surface area contributed by atoms with Crippen molar-refractivity contribution in [3.8, 4) is 0 Å². The zero-order valence-corrected chi connectivity index (χ0v) is 11.0. The van der Waals surface area contributed by atoms with Gasteiger partial charge in [0.2, 0.25) is 0 Å². The Bertz CT molecular complexity index is 318. The van der Waals surface area contributed by atoms with Crippen LogP contribution in [0.2, 0.25) is 0 Å². The lowest BCUT2D eigenvalue weighted by atomic mass is 10.2. The molecule has 2 rings (SSSR count). The van der Waals surface area contributed by atoms with Crippen molar-refractivity contribution in [2.45, 2.75) is 39.3 Å². The first-order valence-electron chi connectivity index (χ1n) is 6.15. The summed E-state index contributed by atoms with van der Waals surface area (Å²) in [6.07, 6.45) is 2.50. The maximum atomic E-state index is 4.56. The molecule has 1 aromatic heterocycles. The number of aryl methyl sites for hydroxylation is 1. The Morgan fingerprint density at radius 3 is 3.06 bits per heavy atom. The van der Waals surface area contributed by atoms with E-state index in [1.807, 2.05) is 0 Å². The summed E-state index contributed by atoms with van der Waals surface area (Å²) >= 11 is 1.75. The summed E-state index contributed by atoms with van der Waals surface area (Å²) in [6.45, 7) is 8.84. The van der Waals surface area contributed by atoms with Gasteiger partial charge in [-0.15, -0.1) is 11.3 Å². The second-order valence-corrected chi connectivity index (χ2v) is 5.54. The Labute approximate surface area is 102 Å². The van der Waals surface area contributed by atoms with Gasteiger partial charge in [0, 0.05) is 24.5 Å². The van der Waals surface area contributed by atoms with Crippen LogP contribution < -0.4 is 5.32 Å². The van der Waals surface area contributed by atoms with Crippen LogP contribution in [0.15, 0.2) is 5.38 Å². The number of hydrogen-bond acceptors (Lipinski definition) is 4. The van der Waals surface area contributed by atoms with Crippen LogP contribution in [0.5, 0.6) is 0 Å². The molecular formula is C12H21N3S. The van der Waals surface area contributed by atoms with Crippen LogP contribution in [0.4, 0.5) is 0 Å². The van der Waals surface area contributed by atoms with Crippen molar-refractivity contribution in [3.63, 3.8) is 0 Å². The van der Waals surface area contributed by atoms with Gasteiger partial charge in [-0.2, -0.15) is 0 Å². The summed E-state index contributed by atoms with van der Waals surface area (Å²) in [4.78, 5) is 7.14. The van der Waals surface area contributed by atoms with Crippen LogP contribution >= 0.6 is 11.3 Å².